The van der Waals surface area contributed by atoms with Crippen molar-refractivity contribution >= 4 is 11.7 Å². The van der Waals surface area contributed by atoms with Gasteiger partial charge in [-0.05, 0) is 42.7 Å². The van der Waals surface area contributed by atoms with E-state index in [-0.39, 0.29) is 12.5 Å². The quantitative estimate of drug-likeness (QED) is 0.845. The third-order valence-electron chi connectivity index (χ3n) is 3.19. The highest BCUT2D eigenvalue weighted by molar-refractivity contribution is 5.75. The summed E-state index contributed by atoms with van der Waals surface area (Å²) in [5.74, 6) is -0.257. The molecule has 0 aliphatic carbocycles. The summed E-state index contributed by atoms with van der Waals surface area (Å²) in [6, 6.07) is 15.7. The van der Waals surface area contributed by atoms with E-state index in [1.807, 2.05) is 55.5 Å². The molecule has 2 rings (SSSR count). The van der Waals surface area contributed by atoms with Crippen molar-refractivity contribution in [3.63, 3.8) is 0 Å². The third kappa shape index (κ3) is 4.12. The Morgan fingerprint density at radius 2 is 1.80 bits per heavy atom. The maximum atomic E-state index is 11.7. The lowest BCUT2D eigenvalue weighted by Gasteiger charge is -2.09. The SMILES string of the molecule is Cc1ccc(NCC(=O)OCc2ccccc2)cc1C. The second-order valence-electron chi connectivity index (χ2n) is 4.80. The summed E-state index contributed by atoms with van der Waals surface area (Å²) < 4.78 is 5.20. The summed E-state index contributed by atoms with van der Waals surface area (Å²) in [6.07, 6.45) is 0. The molecule has 0 unspecified atom stereocenters. The van der Waals surface area contributed by atoms with Gasteiger partial charge in [-0.1, -0.05) is 36.4 Å². The van der Waals surface area contributed by atoms with E-state index in [0.717, 1.165) is 11.3 Å². The second kappa shape index (κ2) is 6.75. The fourth-order valence-electron chi connectivity index (χ4n) is 1.81. The summed E-state index contributed by atoms with van der Waals surface area (Å²) >= 11 is 0. The molecule has 0 radical (unpaired) electrons. The van der Waals surface area contributed by atoms with Gasteiger partial charge in [0.05, 0.1) is 0 Å². The number of aryl methyl sites for hydroxylation is 2. The van der Waals surface area contributed by atoms with Gasteiger partial charge in [0.25, 0.3) is 0 Å². The Morgan fingerprint density at radius 1 is 1.05 bits per heavy atom. The molecule has 0 saturated heterocycles. The number of nitrogens with one attached hydrogen (secondary N) is 1. The minimum Gasteiger partial charge on any atom is -0.460 e. The van der Waals surface area contributed by atoms with Gasteiger partial charge in [0, 0.05) is 5.69 Å². The molecule has 2 aromatic carbocycles. The molecule has 0 aromatic heterocycles. The Hall–Kier alpha value is -2.29. The van der Waals surface area contributed by atoms with Crippen LogP contribution < -0.4 is 5.32 Å². The molecule has 3 nitrogen and oxygen atoms in total. The van der Waals surface area contributed by atoms with Crippen molar-refractivity contribution in [3.8, 4) is 0 Å². The Kier molecular flexibility index (Phi) is 4.77. The maximum Gasteiger partial charge on any atom is 0.325 e. The predicted molar refractivity (Wildman–Crippen MR) is 80.6 cm³/mol. The van der Waals surface area contributed by atoms with E-state index in [9.17, 15) is 4.79 Å². The molecule has 104 valence electrons. The van der Waals surface area contributed by atoms with Crippen LogP contribution in [0.2, 0.25) is 0 Å². The minimum absolute atomic E-state index is 0.176. The van der Waals surface area contributed by atoms with Gasteiger partial charge in [-0.15, -0.1) is 0 Å². The maximum absolute atomic E-state index is 11.7. The monoisotopic (exact) mass is 269 g/mol. The topological polar surface area (TPSA) is 38.3 Å². The first kappa shape index (κ1) is 14.1. The van der Waals surface area contributed by atoms with Crippen molar-refractivity contribution in [1.29, 1.82) is 0 Å². The molecule has 0 saturated carbocycles. The summed E-state index contributed by atoms with van der Waals surface area (Å²) in [6.45, 7) is 4.60. The van der Waals surface area contributed by atoms with Crippen LogP contribution in [0, 0.1) is 13.8 Å². The molecule has 0 heterocycles. The normalized spacial score (nSPS) is 10.1. The first-order chi connectivity index (χ1) is 9.65. The van der Waals surface area contributed by atoms with Crippen LogP contribution >= 0.6 is 0 Å². The predicted octanol–water partition coefficient (Wildman–Crippen LogP) is 3.46. The highest BCUT2D eigenvalue weighted by atomic mass is 16.5. The first-order valence-corrected chi connectivity index (χ1v) is 6.66. The summed E-state index contributed by atoms with van der Waals surface area (Å²) in [4.78, 5) is 11.7. The third-order valence-corrected chi connectivity index (χ3v) is 3.19. The van der Waals surface area contributed by atoms with Crippen LogP contribution in [0.1, 0.15) is 16.7 Å². The zero-order chi connectivity index (χ0) is 14.4. The molecular weight excluding hydrogens is 250 g/mol. The van der Waals surface area contributed by atoms with Crippen molar-refractivity contribution in [2.75, 3.05) is 11.9 Å². The molecule has 1 N–H and O–H groups in total. The van der Waals surface area contributed by atoms with E-state index in [1.165, 1.54) is 11.1 Å². The number of carbonyl (C=O) groups excluding carboxylic acids is 1. The fraction of sp³-hybridized carbons (Fsp3) is 0.235. The van der Waals surface area contributed by atoms with Crippen molar-refractivity contribution in [2.24, 2.45) is 0 Å². The van der Waals surface area contributed by atoms with Gasteiger partial charge in [-0.3, -0.25) is 4.79 Å². The molecule has 2 aromatic rings. The van der Waals surface area contributed by atoms with Crippen LogP contribution in [0.15, 0.2) is 48.5 Å². The molecule has 0 amide bonds. The van der Waals surface area contributed by atoms with Gasteiger partial charge < -0.3 is 10.1 Å². The smallest absolute Gasteiger partial charge is 0.325 e. The molecule has 0 spiro atoms. The lowest BCUT2D eigenvalue weighted by atomic mass is 10.1. The average Bonchev–Trinajstić information content (AvgIpc) is 2.47. The Bertz CT molecular complexity index is 579. The highest BCUT2D eigenvalue weighted by Crippen LogP contribution is 2.13. The summed E-state index contributed by atoms with van der Waals surface area (Å²) in [5, 5.41) is 3.07. The van der Waals surface area contributed by atoms with Crippen molar-refractivity contribution < 1.29 is 9.53 Å². The van der Waals surface area contributed by atoms with Crippen LogP contribution in [-0.4, -0.2) is 12.5 Å². The fourth-order valence-corrected chi connectivity index (χ4v) is 1.81. The zero-order valence-electron chi connectivity index (χ0n) is 11.8. The largest absolute Gasteiger partial charge is 0.460 e. The lowest BCUT2D eigenvalue weighted by Crippen LogP contribution is -2.16. The van der Waals surface area contributed by atoms with Crippen LogP contribution in [-0.2, 0) is 16.1 Å². The van der Waals surface area contributed by atoms with Crippen molar-refractivity contribution in [2.45, 2.75) is 20.5 Å². The number of hydrogen-bond donors (Lipinski definition) is 1. The number of ether oxygens (including phenoxy) is 1. The number of benzene rings is 2. The van der Waals surface area contributed by atoms with Gasteiger partial charge in [-0.2, -0.15) is 0 Å². The van der Waals surface area contributed by atoms with Crippen LogP contribution in [0.25, 0.3) is 0 Å². The van der Waals surface area contributed by atoms with E-state index in [0.29, 0.717) is 6.61 Å². The van der Waals surface area contributed by atoms with Gasteiger partial charge in [0.2, 0.25) is 0 Å². The number of esters is 1. The number of anilines is 1. The lowest BCUT2D eigenvalue weighted by molar-refractivity contribution is -0.142. The Morgan fingerprint density at radius 3 is 2.50 bits per heavy atom. The van der Waals surface area contributed by atoms with Crippen molar-refractivity contribution in [3.05, 3.63) is 65.2 Å². The van der Waals surface area contributed by atoms with E-state index in [4.69, 9.17) is 4.74 Å². The minimum atomic E-state index is -0.257. The summed E-state index contributed by atoms with van der Waals surface area (Å²) in [5.41, 5.74) is 4.37. The molecule has 0 aliphatic heterocycles. The molecule has 0 fully saturated rings. The van der Waals surface area contributed by atoms with E-state index in [2.05, 4.69) is 12.2 Å². The van der Waals surface area contributed by atoms with Gasteiger partial charge in [0.1, 0.15) is 13.2 Å². The Balaban J connectivity index is 1.79. The molecule has 3 heteroatoms. The van der Waals surface area contributed by atoms with Crippen molar-refractivity contribution in [1.82, 2.24) is 0 Å². The zero-order valence-corrected chi connectivity index (χ0v) is 11.8. The van der Waals surface area contributed by atoms with E-state index in [1.54, 1.807) is 0 Å². The van der Waals surface area contributed by atoms with Crippen LogP contribution in [0.5, 0.6) is 0 Å². The van der Waals surface area contributed by atoms with Crippen LogP contribution in [0.3, 0.4) is 0 Å². The summed E-state index contributed by atoms with van der Waals surface area (Å²) in [7, 11) is 0. The number of hydrogen-bond acceptors (Lipinski definition) is 3. The Labute approximate surface area is 119 Å². The van der Waals surface area contributed by atoms with Crippen LogP contribution in [0.4, 0.5) is 5.69 Å². The molecule has 0 aliphatic rings. The average molecular weight is 269 g/mol. The van der Waals surface area contributed by atoms with E-state index < -0.39 is 0 Å². The van der Waals surface area contributed by atoms with Gasteiger partial charge >= 0.3 is 5.97 Å². The number of carbonyl (C=O) groups is 1. The first-order valence-electron chi connectivity index (χ1n) is 6.66. The highest BCUT2D eigenvalue weighted by Gasteiger charge is 2.03. The molecule has 0 bridgehead atoms. The van der Waals surface area contributed by atoms with Gasteiger partial charge in [-0.25, -0.2) is 0 Å². The van der Waals surface area contributed by atoms with E-state index >= 15 is 0 Å². The standard InChI is InChI=1S/C17H19NO2/c1-13-8-9-16(10-14(13)2)18-11-17(19)20-12-15-6-4-3-5-7-15/h3-10,18H,11-12H2,1-2H3. The molecular formula is C17H19NO2. The molecule has 0 atom stereocenters. The number of rotatable bonds is 5. The molecule has 20 heavy (non-hydrogen) atoms. The van der Waals surface area contributed by atoms with Gasteiger partial charge in [0.15, 0.2) is 0 Å². The second-order valence-corrected chi connectivity index (χ2v) is 4.80.